The molecule has 0 amide bonds. The fourth-order valence-corrected chi connectivity index (χ4v) is 3.24. The third kappa shape index (κ3) is 4.23. The Labute approximate surface area is 178 Å². The Bertz CT molecular complexity index is 1090. The maximum absolute atomic E-state index is 6.48. The Balaban J connectivity index is 1.85. The molecule has 0 aliphatic rings. The SMILES string of the molecule is Nc1nc(Nc2ccccc2)nc(N(c2ccccc2Cl)c2ccccc2Cl)n1. The third-order valence-electron chi connectivity index (χ3n) is 4.06. The second-order valence-corrected chi connectivity index (χ2v) is 6.86. The molecule has 29 heavy (non-hydrogen) atoms. The second-order valence-electron chi connectivity index (χ2n) is 6.05. The molecule has 4 aromatic rings. The van der Waals surface area contributed by atoms with Gasteiger partial charge in [0.1, 0.15) is 0 Å². The van der Waals surface area contributed by atoms with Crippen LogP contribution in [0.3, 0.4) is 0 Å². The minimum Gasteiger partial charge on any atom is -0.368 e. The summed E-state index contributed by atoms with van der Waals surface area (Å²) < 4.78 is 0. The molecule has 0 aliphatic heterocycles. The number of nitrogens with zero attached hydrogens (tertiary/aromatic N) is 4. The summed E-state index contributed by atoms with van der Waals surface area (Å²) in [7, 11) is 0. The topological polar surface area (TPSA) is 80.0 Å². The fourth-order valence-electron chi connectivity index (χ4n) is 2.80. The van der Waals surface area contributed by atoms with Crippen LogP contribution in [0.15, 0.2) is 78.9 Å². The van der Waals surface area contributed by atoms with E-state index in [0.29, 0.717) is 27.4 Å². The monoisotopic (exact) mass is 422 g/mol. The summed E-state index contributed by atoms with van der Waals surface area (Å²) in [5.41, 5.74) is 8.14. The van der Waals surface area contributed by atoms with E-state index in [-0.39, 0.29) is 11.9 Å². The lowest BCUT2D eigenvalue weighted by molar-refractivity contribution is 1.03. The van der Waals surface area contributed by atoms with Crippen molar-refractivity contribution >= 4 is 58.1 Å². The van der Waals surface area contributed by atoms with E-state index in [2.05, 4.69) is 20.3 Å². The van der Waals surface area contributed by atoms with Gasteiger partial charge in [0.25, 0.3) is 0 Å². The standard InChI is InChI=1S/C21H16Cl2N6/c22-15-10-4-6-12-17(15)29(18-13-7-5-11-16(18)23)21-27-19(24)26-20(28-21)25-14-8-2-1-3-9-14/h1-13H,(H3,24,25,26,27,28). The van der Waals surface area contributed by atoms with E-state index < -0.39 is 0 Å². The van der Waals surface area contributed by atoms with Gasteiger partial charge in [-0.1, -0.05) is 65.7 Å². The molecule has 1 heterocycles. The fraction of sp³-hybridized carbons (Fsp3) is 0. The van der Waals surface area contributed by atoms with Crippen molar-refractivity contribution in [3.8, 4) is 0 Å². The molecule has 0 unspecified atom stereocenters. The van der Waals surface area contributed by atoms with Gasteiger partial charge in [0.15, 0.2) is 0 Å². The lowest BCUT2D eigenvalue weighted by Gasteiger charge is -2.25. The predicted molar refractivity (Wildman–Crippen MR) is 119 cm³/mol. The van der Waals surface area contributed by atoms with Gasteiger partial charge in [-0.15, -0.1) is 0 Å². The molecule has 144 valence electrons. The number of anilines is 6. The summed E-state index contributed by atoms with van der Waals surface area (Å²) in [6, 6.07) is 24.3. The largest absolute Gasteiger partial charge is 0.368 e. The van der Waals surface area contributed by atoms with Crippen molar-refractivity contribution in [2.75, 3.05) is 16.0 Å². The average molecular weight is 423 g/mol. The molecule has 6 nitrogen and oxygen atoms in total. The van der Waals surface area contributed by atoms with E-state index in [1.165, 1.54) is 0 Å². The van der Waals surface area contributed by atoms with Crippen LogP contribution in [0.5, 0.6) is 0 Å². The highest BCUT2D eigenvalue weighted by atomic mass is 35.5. The van der Waals surface area contributed by atoms with Crippen LogP contribution in [-0.2, 0) is 0 Å². The summed E-state index contributed by atoms with van der Waals surface area (Å²) in [4.78, 5) is 14.8. The van der Waals surface area contributed by atoms with Gasteiger partial charge < -0.3 is 11.1 Å². The average Bonchev–Trinajstić information content (AvgIpc) is 2.71. The van der Waals surface area contributed by atoms with Gasteiger partial charge in [-0.05, 0) is 36.4 Å². The van der Waals surface area contributed by atoms with Crippen LogP contribution >= 0.6 is 23.2 Å². The van der Waals surface area contributed by atoms with Gasteiger partial charge in [-0.2, -0.15) is 15.0 Å². The van der Waals surface area contributed by atoms with Crippen LogP contribution in [-0.4, -0.2) is 15.0 Å². The Hall–Kier alpha value is -3.35. The third-order valence-corrected chi connectivity index (χ3v) is 4.70. The number of aromatic nitrogens is 3. The van der Waals surface area contributed by atoms with E-state index in [0.717, 1.165) is 5.69 Å². The second kappa shape index (κ2) is 8.34. The Kier molecular flexibility index (Phi) is 5.46. The maximum atomic E-state index is 6.48. The van der Waals surface area contributed by atoms with Gasteiger partial charge in [0.2, 0.25) is 17.8 Å². The Morgan fingerprint density at radius 2 is 1.24 bits per heavy atom. The minimum atomic E-state index is 0.0672. The summed E-state index contributed by atoms with van der Waals surface area (Å²) in [6.07, 6.45) is 0. The smallest absolute Gasteiger partial charge is 0.241 e. The number of nitrogens with two attached hydrogens (primary N) is 1. The van der Waals surface area contributed by atoms with E-state index in [1.807, 2.05) is 66.7 Å². The van der Waals surface area contributed by atoms with Crippen molar-refractivity contribution in [1.29, 1.82) is 0 Å². The van der Waals surface area contributed by atoms with Gasteiger partial charge in [-0.3, -0.25) is 4.90 Å². The normalized spacial score (nSPS) is 10.6. The minimum absolute atomic E-state index is 0.0672. The molecule has 4 rings (SSSR count). The highest BCUT2D eigenvalue weighted by Gasteiger charge is 2.21. The van der Waals surface area contributed by atoms with Gasteiger partial charge in [0, 0.05) is 5.69 Å². The first-order valence-electron chi connectivity index (χ1n) is 8.74. The highest BCUT2D eigenvalue weighted by molar-refractivity contribution is 6.35. The lowest BCUT2D eigenvalue weighted by atomic mass is 10.2. The highest BCUT2D eigenvalue weighted by Crippen LogP contribution is 2.40. The van der Waals surface area contributed by atoms with E-state index in [9.17, 15) is 0 Å². The number of hydrogen-bond acceptors (Lipinski definition) is 6. The van der Waals surface area contributed by atoms with E-state index in [4.69, 9.17) is 28.9 Å². The van der Waals surface area contributed by atoms with E-state index >= 15 is 0 Å². The van der Waals surface area contributed by atoms with Gasteiger partial charge in [-0.25, -0.2) is 0 Å². The summed E-state index contributed by atoms with van der Waals surface area (Å²) in [5, 5.41) is 4.17. The molecule has 0 spiro atoms. The van der Waals surface area contributed by atoms with Gasteiger partial charge in [0.05, 0.1) is 21.4 Å². The van der Waals surface area contributed by atoms with Crippen molar-refractivity contribution < 1.29 is 0 Å². The zero-order valence-corrected chi connectivity index (χ0v) is 16.6. The van der Waals surface area contributed by atoms with Crippen LogP contribution in [0, 0.1) is 0 Å². The van der Waals surface area contributed by atoms with Crippen LogP contribution in [0.25, 0.3) is 0 Å². The first kappa shape index (κ1) is 19.0. The van der Waals surface area contributed by atoms with Crippen molar-refractivity contribution in [2.24, 2.45) is 0 Å². The molecule has 0 bridgehead atoms. The molecule has 8 heteroatoms. The molecule has 1 aromatic heterocycles. The molecule has 0 saturated heterocycles. The van der Waals surface area contributed by atoms with Gasteiger partial charge >= 0.3 is 0 Å². The number of rotatable bonds is 5. The lowest BCUT2D eigenvalue weighted by Crippen LogP contribution is -2.17. The number of halogens is 2. The molecular weight excluding hydrogens is 407 g/mol. The summed E-state index contributed by atoms with van der Waals surface area (Å²) in [5.74, 6) is 0.664. The predicted octanol–water partition coefficient (Wildman–Crippen LogP) is 5.97. The van der Waals surface area contributed by atoms with Crippen molar-refractivity contribution in [3.63, 3.8) is 0 Å². The maximum Gasteiger partial charge on any atom is 0.241 e. The molecule has 3 aromatic carbocycles. The molecule has 3 N–H and O–H groups in total. The molecule has 0 radical (unpaired) electrons. The van der Waals surface area contributed by atoms with Crippen molar-refractivity contribution in [1.82, 2.24) is 15.0 Å². The Morgan fingerprint density at radius 3 is 1.83 bits per heavy atom. The van der Waals surface area contributed by atoms with Crippen molar-refractivity contribution in [3.05, 3.63) is 88.9 Å². The van der Waals surface area contributed by atoms with Crippen LogP contribution < -0.4 is 16.0 Å². The number of benzene rings is 3. The molecule has 0 fully saturated rings. The zero-order chi connectivity index (χ0) is 20.2. The molecule has 0 atom stereocenters. The quantitative estimate of drug-likeness (QED) is 0.412. The first-order chi connectivity index (χ1) is 14.1. The van der Waals surface area contributed by atoms with E-state index in [1.54, 1.807) is 17.0 Å². The van der Waals surface area contributed by atoms with Crippen LogP contribution in [0.2, 0.25) is 10.0 Å². The molecule has 0 saturated carbocycles. The Morgan fingerprint density at radius 1 is 0.690 bits per heavy atom. The molecular formula is C21H16Cl2N6. The number of nitrogen functional groups attached to an aromatic ring is 1. The first-order valence-corrected chi connectivity index (χ1v) is 9.50. The molecule has 0 aliphatic carbocycles. The van der Waals surface area contributed by atoms with Crippen LogP contribution in [0.4, 0.5) is 34.9 Å². The summed E-state index contributed by atoms with van der Waals surface area (Å²) in [6.45, 7) is 0. The summed E-state index contributed by atoms with van der Waals surface area (Å²) >= 11 is 13.0. The zero-order valence-electron chi connectivity index (χ0n) is 15.1. The van der Waals surface area contributed by atoms with Crippen LogP contribution in [0.1, 0.15) is 0 Å². The van der Waals surface area contributed by atoms with Crippen molar-refractivity contribution in [2.45, 2.75) is 0 Å². The number of para-hydroxylation sites is 3. The number of hydrogen-bond donors (Lipinski definition) is 2. The number of nitrogens with one attached hydrogen (secondary N) is 1.